The van der Waals surface area contributed by atoms with Crippen molar-refractivity contribution in [3.8, 4) is 22.6 Å². The van der Waals surface area contributed by atoms with Gasteiger partial charge in [0.1, 0.15) is 0 Å². The van der Waals surface area contributed by atoms with Crippen LogP contribution in [-0.4, -0.2) is 38.0 Å². The van der Waals surface area contributed by atoms with Crippen molar-refractivity contribution in [3.63, 3.8) is 0 Å². The van der Waals surface area contributed by atoms with E-state index in [4.69, 9.17) is 14.2 Å². The molecule has 1 atom stereocenters. The Morgan fingerprint density at radius 1 is 0.870 bits per heavy atom. The van der Waals surface area contributed by atoms with Crippen LogP contribution < -0.4 is 9.47 Å². The minimum atomic E-state index is 0.314. The van der Waals surface area contributed by atoms with Crippen LogP contribution in [0.2, 0.25) is 0 Å². The highest BCUT2D eigenvalue weighted by Crippen LogP contribution is 2.36. The van der Waals surface area contributed by atoms with Crippen LogP contribution in [0.4, 0.5) is 0 Å². The van der Waals surface area contributed by atoms with Gasteiger partial charge in [-0.3, -0.25) is 4.90 Å². The molecule has 0 bridgehead atoms. The number of hydrogen-bond acceptors (Lipinski definition) is 4. The second-order valence-corrected chi connectivity index (χ2v) is 6.01. The van der Waals surface area contributed by atoms with Crippen molar-refractivity contribution >= 4 is 0 Å². The van der Waals surface area contributed by atoms with Crippen LogP contribution in [0.15, 0.2) is 42.5 Å². The molecule has 0 N–H and O–H groups in total. The van der Waals surface area contributed by atoms with Gasteiger partial charge in [-0.1, -0.05) is 30.3 Å². The number of ether oxygens (including phenoxy) is 3. The Kier molecular flexibility index (Phi) is 3.93. The molecule has 2 heterocycles. The van der Waals surface area contributed by atoms with E-state index in [-0.39, 0.29) is 0 Å². The van der Waals surface area contributed by atoms with Crippen LogP contribution in [0.3, 0.4) is 0 Å². The Labute approximate surface area is 136 Å². The first-order chi connectivity index (χ1) is 11.3. The average molecular weight is 311 g/mol. The molecule has 1 saturated heterocycles. The highest BCUT2D eigenvalue weighted by molar-refractivity contribution is 5.67. The predicted molar refractivity (Wildman–Crippen MR) is 88.8 cm³/mol. The topological polar surface area (TPSA) is 30.9 Å². The van der Waals surface area contributed by atoms with Gasteiger partial charge in [0.2, 0.25) is 6.79 Å². The molecule has 0 aliphatic carbocycles. The molecule has 4 nitrogen and oxygen atoms in total. The second-order valence-electron chi connectivity index (χ2n) is 6.01. The lowest BCUT2D eigenvalue weighted by Crippen LogP contribution is -2.37. The fourth-order valence-corrected chi connectivity index (χ4v) is 3.21. The Morgan fingerprint density at radius 3 is 2.35 bits per heavy atom. The Balaban J connectivity index is 1.53. The molecule has 4 heteroatoms. The molecule has 0 spiro atoms. The van der Waals surface area contributed by atoms with Gasteiger partial charge in [-0.15, -0.1) is 0 Å². The van der Waals surface area contributed by atoms with Gasteiger partial charge in [-0.25, -0.2) is 0 Å². The van der Waals surface area contributed by atoms with Gasteiger partial charge >= 0.3 is 0 Å². The van der Waals surface area contributed by atoms with Gasteiger partial charge in [0.15, 0.2) is 11.5 Å². The minimum Gasteiger partial charge on any atom is -0.454 e. The largest absolute Gasteiger partial charge is 0.454 e. The molecule has 2 aliphatic heterocycles. The zero-order chi connectivity index (χ0) is 15.6. The van der Waals surface area contributed by atoms with Crippen molar-refractivity contribution in [3.05, 3.63) is 48.0 Å². The summed E-state index contributed by atoms with van der Waals surface area (Å²) in [5.41, 5.74) is 3.69. The predicted octanol–water partition coefficient (Wildman–Crippen LogP) is 3.48. The third-order valence-electron chi connectivity index (χ3n) is 4.69. The molecular formula is C19H21NO3. The molecule has 4 rings (SSSR count). The molecule has 2 aromatic carbocycles. The van der Waals surface area contributed by atoms with Gasteiger partial charge in [0, 0.05) is 19.1 Å². The van der Waals surface area contributed by atoms with Crippen molar-refractivity contribution in [2.24, 2.45) is 0 Å². The van der Waals surface area contributed by atoms with Crippen molar-refractivity contribution < 1.29 is 14.2 Å². The monoisotopic (exact) mass is 311 g/mol. The van der Waals surface area contributed by atoms with E-state index >= 15 is 0 Å². The Bertz CT molecular complexity index is 678. The lowest BCUT2D eigenvalue weighted by molar-refractivity contribution is 0.0198. The molecule has 0 unspecified atom stereocenters. The summed E-state index contributed by atoms with van der Waals surface area (Å²) in [6.45, 7) is 6.26. The van der Waals surface area contributed by atoms with Crippen molar-refractivity contribution in [2.75, 3.05) is 33.1 Å². The van der Waals surface area contributed by atoms with Gasteiger partial charge < -0.3 is 14.2 Å². The van der Waals surface area contributed by atoms with Crippen LogP contribution in [0.5, 0.6) is 11.5 Å². The Hall–Kier alpha value is -2.04. The molecule has 23 heavy (non-hydrogen) atoms. The normalized spacial score (nSPS) is 18.8. The van der Waals surface area contributed by atoms with Crippen molar-refractivity contribution in [2.45, 2.75) is 13.0 Å². The third-order valence-corrected chi connectivity index (χ3v) is 4.69. The van der Waals surface area contributed by atoms with E-state index in [0.29, 0.717) is 12.8 Å². The maximum atomic E-state index is 5.46. The lowest BCUT2D eigenvalue weighted by Gasteiger charge is -2.32. The first-order valence-corrected chi connectivity index (χ1v) is 8.13. The number of nitrogens with zero attached hydrogens (tertiary/aromatic N) is 1. The van der Waals surface area contributed by atoms with E-state index in [1.165, 1.54) is 11.1 Å². The molecule has 0 radical (unpaired) electrons. The molecule has 2 aromatic rings. The third kappa shape index (κ3) is 2.92. The molecule has 0 amide bonds. The highest BCUT2D eigenvalue weighted by atomic mass is 16.7. The summed E-state index contributed by atoms with van der Waals surface area (Å²) >= 11 is 0. The summed E-state index contributed by atoms with van der Waals surface area (Å²) in [6, 6.07) is 15.3. The standard InChI is InChI=1S/C19H21NO3/c1-14(20-8-10-21-11-9-20)15-2-4-16(5-3-15)17-6-7-18-19(12-17)23-13-22-18/h2-7,12,14H,8-11,13H2,1H3/t14-/m0/s1. The second kappa shape index (κ2) is 6.22. The zero-order valence-corrected chi connectivity index (χ0v) is 13.3. The minimum absolute atomic E-state index is 0.314. The Morgan fingerprint density at radius 2 is 1.57 bits per heavy atom. The zero-order valence-electron chi connectivity index (χ0n) is 13.3. The van der Waals surface area contributed by atoms with Crippen LogP contribution in [-0.2, 0) is 4.74 Å². The van der Waals surface area contributed by atoms with Crippen molar-refractivity contribution in [1.29, 1.82) is 0 Å². The summed E-state index contributed by atoms with van der Waals surface area (Å²) in [4.78, 5) is 2.47. The van der Waals surface area contributed by atoms with Gasteiger partial charge in [-0.2, -0.15) is 0 Å². The number of morpholine rings is 1. The molecule has 0 saturated carbocycles. The smallest absolute Gasteiger partial charge is 0.231 e. The molecule has 120 valence electrons. The summed E-state index contributed by atoms with van der Waals surface area (Å²) < 4.78 is 16.3. The van der Waals surface area contributed by atoms with Crippen molar-refractivity contribution in [1.82, 2.24) is 4.90 Å². The number of rotatable bonds is 3. The maximum Gasteiger partial charge on any atom is 0.231 e. The summed E-state index contributed by atoms with van der Waals surface area (Å²) in [5.74, 6) is 1.65. The van der Waals surface area contributed by atoms with Gasteiger partial charge in [0.25, 0.3) is 0 Å². The van der Waals surface area contributed by atoms with E-state index in [2.05, 4.69) is 42.2 Å². The van der Waals surface area contributed by atoms with Crippen LogP contribution in [0.1, 0.15) is 18.5 Å². The quantitative estimate of drug-likeness (QED) is 0.868. The van der Waals surface area contributed by atoms with Crippen LogP contribution in [0.25, 0.3) is 11.1 Å². The fraction of sp³-hybridized carbons (Fsp3) is 0.368. The number of hydrogen-bond donors (Lipinski definition) is 0. The summed E-state index contributed by atoms with van der Waals surface area (Å²) in [5, 5.41) is 0. The van der Waals surface area contributed by atoms with Crippen LogP contribution >= 0.6 is 0 Å². The van der Waals surface area contributed by atoms with Crippen LogP contribution in [0, 0.1) is 0 Å². The first kappa shape index (κ1) is 14.5. The van der Waals surface area contributed by atoms with E-state index < -0.39 is 0 Å². The molecule has 1 fully saturated rings. The summed E-state index contributed by atoms with van der Waals surface area (Å²) in [7, 11) is 0. The average Bonchev–Trinajstić information content (AvgIpc) is 3.10. The van der Waals surface area contributed by atoms with E-state index in [1.807, 2.05) is 12.1 Å². The maximum absolute atomic E-state index is 5.46. The van der Waals surface area contributed by atoms with E-state index in [0.717, 1.165) is 43.4 Å². The van der Waals surface area contributed by atoms with E-state index in [1.54, 1.807) is 0 Å². The molecule has 2 aliphatic rings. The van der Waals surface area contributed by atoms with E-state index in [9.17, 15) is 0 Å². The number of benzene rings is 2. The highest BCUT2D eigenvalue weighted by Gasteiger charge is 2.18. The van der Waals surface area contributed by atoms with Gasteiger partial charge in [0.05, 0.1) is 13.2 Å². The first-order valence-electron chi connectivity index (χ1n) is 8.13. The van der Waals surface area contributed by atoms with Gasteiger partial charge in [-0.05, 0) is 35.7 Å². The fourth-order valence-electron chi connectivity index (χ4n) is 3.21. The number of fused-ring (bicyclic) bond motifs is 1. The molecular weight excluding hydrogens is 290 g/mol. The molecule has 0 aromatic heterocycles. The SMILES string of the molecule is C[C@@H](c1ccc(-c2ccc3c(c2)OCO3)cc1)N1CCOCC1. The summed E-state index contributed by atoms with van der Waals surface area (Å²) in [6.07, 6.45) is 0. The lowest BCUT2D eigenvalue weighted by atomic mass is 10.00.